The molecule has 0 saturated carbocycles. The molecule has 1 saturated heterocycles. The van der Waals surface area contributed by atoms with Gasteiger partial charge >= 0.3 is 0 Å². The fourth-order valence-corrected chi connectivity index (χ4v) is 5.79. The third-order valence-electron chi connectivity index (χ3n) is 6.46. The van der Waals surface area contributed by atoms with Crippen LogP contribution in [0.5, 0.6) is 0 Å². The highest BCUT2D eigenvalue weighted by Gasteiger charge is 2.24. The van der Waals surface area contributed by atoms with Gasteiger partial charge in [-0.25, -0.2) is 4.68 Å². The maximum absolute atomic E-state index is 13.0. The first-order valence-corrected chi connectivity index (χ1v) is 12.2. The smallest absolute Gasteiger partial charge is 0.291 e. The van der Waals surface area contributed by atoms with Crippen molar-refractivity contribution in [1.29, 1.82) is 0 Å². The van der Waals surface area contributed by atoms with E-state index in [2.05, 4.69) is 42.2 Å². The topological polar surface area (TPSA) is 71.6 Å². The van der Waals surface area contributed by atoms with E-state index >= 15 is 0 Å². The molecule has 4 heterocycles. The lowest BCUT2D eigenvalue weighted by molar-refractivity contribution is -0.121. The number of aryl methyl sites for hydroxylation is 2. The molecule has 3 aromatic heterocycles. The molecule has 0 unspecified atom stereocenters. The number of fused-ring (bicyclic) bond motifs is 3. The Balaban J connectivity index is 1.41. The maximum Gasteiger partial charge on any atom is 0.291 e. The lowest BCUT2D eigenvalue weighted by Crippen LogP contribution is -2.45. The maximum atomic E-state index is 13.0. The highest BCUT2D eigenvalue weighted by atomic mass is 32.1. The summed E-state index contributed by atoms with van der Waals surface area (Å²) in [5.41, 5.74) is 1.40. The number of aromatic nitrogens is 3. The molecule has 8 heteroatoms. The minimum Gasteiger partial charge on any atom is -0.354 e. The Kier molecular flexibility index (Phi) is 6.48. The number of nitrogens with one attached hydrogen (secondary N) is 1. The molecule has 0 aliphatic carbocycles. The lowest BCUT2D eigenvalue weighted by atomic mass is 9.97. The van der Waals surface area contributed by atoms with Crippen molar-refractivity contribution in [2.45, 2.75) is 78.4 Å². The zero-order chi connectivity index (χ0) is 22.1. The van der Waals surface area contributed by atoms with Gasteiger partial charge in [-0.2, -0.15) is 5.10 Å². The van der Waals surface area contributed by atoms with Crippen LogP contribution in [0, 0.1) is 6.92 Å². The van der Waals surface area contributed by atoms with Crippen LogP contribution < -0.4 is 10.9 Å². The van der Waals surface area contributed by atoms with Crippen LogP contribution in [0.4, 0.5) is 0 Å². The molecular formula is C23H33N5O2S. The first kappa shape index (κ1) is 22.0. The molecule has 0 bridgehead atoms. The van der Waals surface area contributed by atoms with Gasteiger partial charge in [0.1, 0.15) is 17.9 Å². The van der Waals surface area contributed by atoms with Gasteiger partial charge in [-0.15, -0.1) is 11.3 Å². The molecule has 2 atom stereocenters. The average Bonchev–Trinajstić information content (AvgIpc) is 3.25. The molecule has 168 valence electrons. The molecule has 1 aliphatic rings. The number of carbonyl (C=O) groups excluding carboxylic acids is 1. The molecule has 1 fully saturated rings. The largest absolute Gasteiger partial charge is 0.354 e. The third-order valence-corrected chi connectivity index (χ3v) is 7.45. The van der Waals surface area contributed by atoms with Gasteiger partial charge in [0.15, 0.2) is 0 Å². The van der Waals surface area contributed by atoms with Crippen molar-refractivity contribution in [3.05, 3.63) is 33.2 Å². The Morgan fingerprint density at radius 1 is 1.23 bits per heavy atom. The lowest BCUT2D eigenvalue weighted by Gasteiger charge is -2.39. The molecular weight excluding hydrogens is 410 g/mol. The molecule has 7 nitrogen and oxygen atoms in total. The summed E-state index contributed by atoms with van der Waals surface area (Å²) in [6.07, 6.45) is 5.41. The van der Waals surface area contributed by atoms with E-state index in [1.54, 1.807) is 11.3 Å². The van der Waals surface area contributed by atoms with E-state index in [0.29, 0.717) is 30.6 Å². The number of hydrogen-bond acceptors (Lipinski definition) is 5. The third kappa shape index (κ3) is 4.41. The SMILES string of the molecule is CCc1nn(CC(=O)NCCCN2[C@@H](C)CCC[C@@H]2C)c(=O)c2cc3sc(C)cc3n12. The minimum absolute atomic E-state index is 0.0449. The first-order valence-electron chi connectivity index (χ1n) is 11.4. The average molecular weight is 444 g/mol. The molecule has 31 heavy (non-hydrogen) atoms. The predicted molar refractivity (Wildman–Crippen MR) is 126 cm³/mol. The van der Waals surface area contributed by atoms with E-state index in [1.165, 1.54) is 28.8 Å². The van der Waals surface area contributed by atoms with Gasteiger partial charge in [0.05, 0.1) is 10.2 Å². The fourth-order valence-electron chi connectivity index (χ4n) is 4.85. The molecule has 0 spiro atoms. The van der Waals surface area contributed by atoms with Crippen molar-refractivity contribution in [2.75, 3.05) is 13.1 Å². The number of thiophene rings is 1. The Bertz CT molecular complexity index is 1130. The van der Waals surface area contributed by atoms with E-state index in [4.69, 9.17) is 0 Å². The number of nitrogens with zero attached hydrogens (tertiary/aromatic N) is 4. The zero-order valence-electron chi connectivity index (χ0n) is 19.0. The van der Waals surface area contributed by atoms with Crippen molar-refractivity contribution < 1.29 is 4.79 Å². The first-order chi connectivity index (χ1) is 14.9. The van der Waals surface area contributed by atoms with Crippen molar-refractivity contribution in [3.8, 4) is 0 Å². The Morgan fingerprint density at radius 2 is 1.97 bits per heavy atom. The second kappa shape index (κ2) is 9.12. The van der Waals surface area contributed by atoms with Gasteiger partial charge in [0.2, 0.25) is 5.91 Å². The van der Waals surface area contributed by atoms with Crippen LogP contribution in [-0.4, -0.2) is 50.2 Å². The van der Waals surface area contributed by atoms with Crippen LogP contribution in [0.1, 0.15) is 57.2 Å². The monoisotopic (exact) mass is 443 g/mol. The fraction of sp³-hybridized carbons (Fsp3) is 0.609. The number of rotatable bonds is 7. The molecule has 3 aromatic rings. The molecule has 1 amide bonds. The van der Waals surface area contributed by atoms with Crippen LogP contribution in [0.25, 0.3) is 15.7 Å². The van der Waals surface area contributed by atoms with E-state index < -0.39 is 0 Å². The summed E-state index contributed by atoms with van der Waals surface area (Å²) in [4.78, 5) is 29.3. The second-order valence-electron chi connectivity index (χ2n) is 8.77. The van der Waals surface area contributed by atoms with Crippen molar-refractivity contribution in [1.82, 2.24) is 24.4 Å². The molecule has 0 radical (unpaired) electrons. The standard InChI is InChI=1S/C23H33N5O2S/c1-5-21-25-27(23(30)19-13-20-18(28(19)21)12-17(4)31-20)14-22(29)24-10-7-11-26-15(2)8-6-9-16(26)3/h12-13,15-16H,5-11,14H2,1-4H3,(H,24,29)/t15-,16-/m0/s1. The minimum atomic E-state index is -0.218. The molecule has 4 rings (SSSR count). The Morgan fingerprint density at radius 3 is 2.68 bits per heavy atom. The second-order valence-corrected chi connectivity index (χ2v) is 10.1. The summed E-state index contributed by atoms with van der Waals surface area (Å²) >= 11 is 1.67. The van der Waals surface area contributed by atoms with E-state index in [0.717, 1.165) is 29.0 Å². The van der Waals surface area contributed by atoms with Crippen LogP contribution in [-0.2, 0) is 17.8 Å². The van der Waals surface area contributed by atoms with Crippen molar-refractivity contribution >= 4 is 33.0 Å². The Labute approximate surface area is 187 Å². The predicted octanol–water partition coefficient (Wildman–Crippen LogP) is 3.35. The van der Waals surface area contributed by atoms with Crippen LogP contribution in [0.2, 0.25) is 0 Å². The number of amides is 1. The number of carbonyl (C=O) groups is 1. The van der Waals surface area contributed by atoms with Gasteiger partial charge in [0, 0.05) is 36.5 Å². The summed E-state index contributed by atoms with van der Waals surface area (Å²) in [7, 11) is 0. The highest BCUT2D eigenvalue weighted by Crippen LogP contribution is 2.28. The quantitative estimate of drug-likeness (QED) is 0.569. The van der Waals surface area contributed by atoms with Crippen molar-refractivity contribution in [2.24, 2.45) is 0 Å². The normalized spacial score (nSPS) is 20.0. The van der Waals surface area contributed by atoms with Crippen molar-refractivity contribution in [3.63, 3.8) is 0 Å². The summed E-state index contributed by atoms with van der Waals surface area (Å²) in [5, 5.41) is 7.49. The van der Waals surface area contributed by atoms with Gasteiger partial charge in [-0.3, -0.25) is 18.9 Å². The molecule has 0 aromatic carbocycles. The summed E-state index contributed by atoms with van der Waals surface area (Å²) in [6, 6.07) is 5.24. The highest BCUT2D eigenvalue weighted by molar-refractivity contribution is 7.19. The van der Waals surface area contributed by atoms with Gasteiger partial charge < -0.3 is 5.32 Å². The van der Waals surface area contributed by atoms with Gasteiger partial charge in [0.25, 0.3) is 5.56 Å². The van der Waals surface area contributed by atoms with E-state index in [-0.39, 0.29) is 18.0 Å². The molecule has 1 aliphatic heterocycles. The summed E-state index contributed by atoms with van der Waals surface area (Å²) in [6.45, 7) is 10.2. The van der Waals surface area contributed by atoms with Gasteiger partial charge in [-0.1, -0.05) is 13.3 Å². The number of likely N-dealkylation sites (tertiary alicyclic amines) is 1. The van der Waals surface area contributed by atoms with Gasteiger partial charge in [-0.05, 0) is 52.2 Å². The van der Waals surface area contributed by atoms with Crippen LogP contribution in [0.15, 0.2) is 16.9 Å². The zero-order valence-corrected chi connectivity index (χ0v) is 19.8. The van der Waals surface area contributed by atoms with E-state index in [1.807, 2.05) is 17.4 Å². The summed E-state index contributed by atoms with van der Waals surface area (Å²) in [5.74, 6) is 0.633. The Hall–Kier alpha value is -2.19. The van der Waals surface area contributed by atoms with Crippen LogP contribution in [0.3, 0.4) is 0 Å². The molecule has 1 N–H and O–H groups in total. The number of piperidine rings is 1. The summed E-state index contributed by atoms with van der Waals surface area (Å²) < 4.78 is 4.33. The van der Waals surface area contributed by atoms with E-state index in [9.17, 15) is 9.59 Å². The van der Waals surface area contributed by atoms with Crippen LogP contribution >= 0.6 is 11.3 Å². The number of hydrogen-bond donors (Lipinski definition) is 1.